The van der Waals surface area contributed by atoms with Crippen molar-refractivity contribution in [2.75, 3.05) is 0 Å². The highest BCUT2D eigenvalue weighted by molar-refractivity contribution is 6.11. The lowest BCUT2D eigenvalue weighted by Crippen LogP contribution is -2.15. The van der Waals surface area contributed by atoms with Crippen LogP contribution in [-0.2, 0) is 5.41 Å². The summed E-state index contributed by atoms with van der Waals surface area (Å²) >= 11 is 0. The molecule has 0 saturated carbocycles. The van der Waals surface area contributed by atoms with Gasteiger partial charge in [0.15, 0.2) is 0 Å². The van der Waals surface area contributed by atoms with Gasteiger partial charge in [-0.2, -0.15) is 0 Å². The first-order valence-corrected chi connectivity index (χ1v) is 20.6. The summed E-state index contributed by atoms with van der Waals surface area (Å²) in [5, 5.41) is 6.91. The van der Waals surface area contributed by atoms with E-state index >= 15 is 0 Å². The van der Waals surface area contributed by atoms with Gasteiger partial charge in [-0.3, -0.25) is 4.98 Å². The van der Waals surface area contributed by atoms with E-state index in [1.165, 1.54) is 38.5 Å². The fourth-order valence-corrected chi connectivity index (χ4v) is 10.1. The Bertz CT molecular complexity index is 3630. The highest BCUT2D eigenvalue weighted by atomic mass is 16.3. The Morgan fingerprint density at radius 1 is 0.400 bits per heavy atom. The van der Waals surface area contributed by atoms with Crippen molar-refractivity contribution >= 4 is 65.7 Å². The Hall–Kier alpha value is -7.69. The molecule has 1 aliphatic carbocycles. The molecule has 12 aromatic rings. The zero-order valence-corrected chi connectivity index (χ0v) is 33.0. The summed E-state index contributed by atoms with van der Waals surface area (Å²) in [4.78, 5) is 4.88. The lowest BCUT2D eigenvalue weighted by molar-refractivity contribution is 0.659. The van der Waals surface area contributed by atoms with E-state index in [1.807, 2.05) is 30.5 Å². The molecule has 0 amide bonds. The maximum atomic E-state index is 6.24. The van der Waals surface area contributed by atoms with Crippen LogP contribution in [-0.4, -0.2) is 9.55 Å². The molecule has 0 unspecified atom stereocenters. The van der Waals surface area contributed by atoms with Crippen molar-refractivity contribution in [1.82, 2.24) is 9.55 Å². The first kappa shape index (κ1) is 33.3. The standard InChI is InChI=1S/C56H36N2O2/c1-56(2)47-21-20-39(32-46(47)55-48(56)13-9-25-57-55)58-49-14-6-3-10-40(49)43-29-33(17-22-50(43)58)36-26-37(34-18-23-53-44(30-34)41-11-4-7-15-51(41)59-53)28-38(27-36)35-19-24-54-45(31-35)42-12-5-8-16-52(42)60-54/h3-32H,1-2H3. The smallest absolute Gasteiger partial charge is 0.135 e. The van der Waals surface area contributed by atoms with Crippen LogP contribution in [0, 0.1) is 0 Å². The predicted molar refractivity (Wildman–Crippen MR) is 247 cm³/mol. The number of aromatic nitrogens is 2. The van der Waals surface area contributed by atoms with Crippen LogP contribution in [0.1, 0.15) is 25.0 Å². The molecule has 0 saturated heterocycles. The molecule has 0 radical (unpaired) electrons. The number of pyridine rings is 1. The fourth-order valence-electron chi connectivity index (χ4n) is 10.1. The fraction of sp³-hybridized carbons (Fsp3) is 0.0536. The Morgan fingerprint density at radius 2 is 0.933 bits per heavy atom. The van der Waals surface area contributed by atoms with Gasteiger partial charge in [-0.25, -0.2) is 0 Å². The van der Waals surface area contributed by atoms with Crippen molar-refractivity contribution in [2.24, 2.45) is 0 Å². The van der Waals surface area contributed by atoms with Crippen molar-refractivity contribution in [3.8, 4) is 50.3 Å². The van der Waals surface area contributed by atoms with E-state index in [2.05, 4.69) is 170 Å². The highest BCUT2D eigenvalue weighted by Crippen LogP contribution is 2.49. The third kappa shape index (κ3) is 4.76. The molecule has 0 aliphatic heterocycles. The van der Waals surface area contributed by atoms with Crippen LogP contribution in [0.4, 0.5) is 0 Å². The van der Waals surface area contributed by atoms with Crippen LogP contribution in [0.2, 0.25) is 0 Å². The molecule has 13 rings (SSSR count). The monoisotopic (exact) mass is 768 g/mol. The second-order valence-electron chi connectivity index (χ2n) is 16.8. The predicted octanol–water partition coefficient (Wildman–Crippen LogP) is 15.3. The minimum Gasteiger partial charge on any atom is -0.456 e. The van der Waals surface area contributed by atoms with Crippen molar-refractivity contribution in [2.45, 2.75) is 19.3 Å². The number of para-hydroxylation sites is 3. The molecule has 0 spiro atoms. The van der Waals surface area contributed by atoms with Gasteiger partial charge < -0.3 is 13.4 Å². The molecular formula is C56H36N2O2. The molecule has 4 heteroatoms. The number of rotatable bonds is 4. The molecule has 0 fully saturated rings. The molecule has 8 aromatic carbocycles. The second-order valence-corrected chi connectivity index (χ2v) is 16.8. The lowest BCUT2D eigenvalue weighted by atomic mass is 9.83. The summed E-state index contributed by atoms with van der Waals surface area (Å²) in [6.07, 6.45) is 1.91. The average Bonchev–Trinajstić information content (AvgIpc) is 4.02. The maximum absolute atomic E-state index is 6.24. The SMILES string of the molecule is CC1(C)c2ccc(-n3c4ccccc4c4cc(-c5cc(-c6ccc7oc8ccccc8c7c6)cc(-c6ccc7oc8ccccc8c7c6)c5)ccc43)cc2-c2ncccc21. The molecule has 4 aromatic heterocycles. The van der Waals surface area contributed by atoms with Crippen molar-refractivity contribution in [3.05, 3.63) is 193 Å². The minimum atomic E-state index is -0.100. The van der Waals surface area contributed by atoms with Crippen molar-refractivity contribution in [3.63, 3.8) is 0 Å². The number of furan rings is 2. The van der Waals surface area contributed by atoms with E-state index in [9.17, 15) is 0 Å². The molecule has 0 atom stereocenters. The van der Waals surface area contributed by atoms with Crippen LogP contribution in [0.25, 0.3) is 116 Å². The Labute approximate surface area is 345 Å². The van der Waals surface area contributed by atoms with E-state index in [0.29, 0.717) is 0 Å². The summed E-state index contributed by atoms with van der Waals surface area (Å²) in [6.45, 7) is 4.61. The van der Waals surface area contributed by atoms with Gasteiger partial charge in [-0.15, -0.1) is 0 Å². The number of nitrogens with zero attached hydrogens (tertiary/aromatic N) is 2. The molecule has 0 bridgehead atoms. The number of benzene rings is 8. The average molecular weight is 769 g/mol. The van der Waals surface area contributed by atoms with E-state index in [1.54, 1.807) is 0 Å². The van der Waals surface area contributed by atoms with Gasteiger partial charge >= 0.3 is 0 Å². The molecule has 0 N–H and O–H groups in total. The largest absolute Gasteiger partial charge is 0.456 e. The third-order valence-corrected chi connectivity index (χ3v) is 13.0. The first-order valence-electron chi connectivity index (χ1n) is 20.6. The van der Waals surface area contributed by atoms with Crippen LogP contribution >= 0.6 is 0 Å². The number of fused-ring (bicyclic) bond motifs is 12. The molecule has 1 aliphatic rings. The van der Waals surface area contributed by atoms with Crippen LogP contribution < -0.4 is 0 Å². The Morgan fingerprint density at radius 3 is 1.58 bits per heavy atom. The minimum absolute atomic E-state index is 0.100. The zero-order chi connectivity index (χ0) is 39.7. The van der Waals surface area contributed by atoms with Gasteiger partial charge in [0.1, 0.15) is 22.3 Å². The van der Waals surface area contributed by atoms with Gasteiger partial charge in [0.2, 0.25) is 0 Å². The summed E-state index contributed by atoms with van der Waals surface area (Å²) in [7, 11) is 0. The van der Waals surface area contributed by atoms with Gasteiger partial charge in [0.05, 0.1) is 16.7 Å². The van der Waals surface area contributed by atoms with E-state index in [0.717, 1.165) is 88.6 Å². The van der Waals surface area contributed by atoms with E-state index < -0.39 is 0 Å². The van der Waals surface area contributed by atoms with Gasteiger partial charge in [0.25, 0.3) is 0 Å². The second kappa shape index (κ2) is 12.2. The zero-order valence-electron chi connectivity index (χ0n) is 33.0. The molecule has 282 valence electrons. The number of hydrogen-bond donors (Lipinski definition) is 0. The molecule has 4 nitrogen and oxygen atoms in total. The summed E-state index contributed by atoms with van der Waals surface area (Å²) in [5.74, 6) is 0. The Kier molecular flexibility index (Phi) is 6.75. The van der Waals surface area contributed by atoms with Gasteiger partial charge in [-0.1, -0.05) is 98.8 Å². The van der Waals surface area contributed by atoms with E-state index in [-0.39, 0.29) is 5.41 Å². The van der Waals surface area contributed by atoms with Crippen LogP contribution in [0.5, 0.6) is 0 Å². The third-order valence-electron chi connectivity index (χ3n) is 13.0. The van der Waals surface area contributed by atoms with Crippen LogP contribution in [0.15, 0.2) is 191 Å². The summed E-state index contributed by atoms with van der Waals surface area (Å²) in [6, 6.07) is 63.6. The molecule has 4 heterocycles. The van der Waals surface area contributed by atoms with Crippen molar-refractivity contribution < 1.29 is 8.83 Å². The quantitative estimate of drug-likeness (QED) is 0.179. The highest BCUT2D eigenvalue weighted by Gasteiger charge is 2.36. The summed E-state index contributed by atoms with van der Waals surface area (Å²) < 4.78 is 14.9. The maximum Gasteiger partial charge on any atom is 0.135 e. The van der Waals surface area contributed by atoms with Gasteiger partial charge in [-0.05, 0) is 136 Å². The molecular weight excluding hydrogens is 733 g/mol. The number of hydrogen-bond acceptors (Lipinski definition) is 3. The first-order chi connectivity index (χ1) is 29.5. The van der Waals surface area contributed by atoms with Crippen molar-refractivity contribution in [1.29, 1.82) is 0 Å². The summed E-state index contributed by atoms with van der Waals surface area (Å²) in [5.41, 5.74) is 18.7. The Balaban J connectivity index is 1.01. The molecule has 60 heavy (non-hydrogen) atoms. The van der Waals surface area contributed by atoms with E-state index in [4.69, 9.17) is 13.8 Å². The topological polar surface area (TPSA) is 44.1 Å². The normalized spacial score (nSPS) is 13.3. The van der Waals surface area contributed by atoms with Crippen LogP contribution in [0.3, 0.4) is 0 Å². The lowest BCUT2D eigenvalue weighted by Gasteiger charge is -2.21. The van der Waals surface area contributed by atoms with Gasteiger partial charge in [0, 0.05) is 55.2 Å².